The zero-order chi connectivity index (χ0) is 13.9. The van der Waals surface area contributed by atoms with Gasteiger partial charge in [0.2, 0.25) is 0 Å². The third-order valence-electron chi connectivity index (χ3n) is 3.88. The summed E-state index contributed by atoms with van der Waals surface area (Å²) in [7, 11) is 3.19. The van der Waals surface area contributed by atoms with Gasteiger partial charge in [-0.1, -0.05) is 18.2 Å². The van der Waals surface area contributed by atoms with Crippen molar-refractivity contribution in [2.75, 3.05) is 14.2 Å². The maximum atomic E-state index is 10.5. The highest BCUT2D eigenvalue weighted by molar-refractivity contribution is 5.35. The van der Waals surface area contributed by atoms with Crippen LogP contribution in [0.3, 0.4) is 0 Å². The fraction of sp³-hybridized carbons (Fsp3) is 0.625. The van der Waals surface area contributed by atoms with Crippen molar-refractivity contribution >= 4 is 0 Å². The topological polar surface area (TPSA) is 38.7 Å². The summed E-state index contributed by atoms with van der Waals surface area (Å²) in [5, 5.41) is 10.5. The molecule has 1 aromatic carbocycles. The summed E-state index contributed by atoms with van der Waals surface area (Å²) in [6.07, 6.45) is 4.36. The summed E-state index contributed by atoms with van der Waals surface area (Å²) in [5.74, 6) is 0. The molecule has 0 bridgehead atoms. The minimum atomic E-state index is -0.816. The number of hydrogen-bond acceptors (Lipinski definition) is 3. The fourth-order valence-electron chi connectivity index (χ4n) is 2.87. The smallest absolute Gasteiger partial charge is 0.159 e. The number of aliphatic hydroxyl groups is 1. The lowest BCUT2D eigenvalue weighted by Gasteiger charge is -2.27. The molecule has 0 heterocycles. The van der Waals surface area contributed by atoms with E-state index in [0.29, 0.717) is 12.8 Å². The van der Waals surface area contributed by atoms with Crippen LogP contribution < -0.4 is 0 Å². The van der Waals surface area contributed by atoms with Gasteiger partial charge in [-0.05, 0) is 42.9 Å². The first-order chi connectivity index (χ1) is 9.04. The summed E-state index contributed by atoms with van der Waals surface area (Å²) in [6.45, 7) is 1.84. The Kier molecular flexibility index (Phi) is 4.61. The minimum Gasteiger partial charge on any atom is -0.390 e. The molecule has 0 fully saturated rings. The number of aryl methyl sites for hydroxylation is 2. The fourth-order valence-corrected chi connectivity index (χ4v) is 2.87. The predicted molar refractivity (Wildman–Crippen MR) is 75.2 cm³/mol. The van der Waals surface area contributed by atoms with Gasteiger partial charge in [0.25, 0.3) is 0 Å². The number of ether oxygens (including phenoxy) is 2. The summed E-state index contributed by atoms with van der Waals surface area (Å²) >= 11 is 0. The van der Waals surface area contributed by atoms with Gasteiger partial charge in [-0.25, -0.2) is 0 Å². The first kappa shape index (κ1) is 14.5. The third-order valence-corrected chi connectivity index (χ3v) is 3.88. The Morgan fingerprint density at radius 1 is 1.21 bits per heavy atom. The first-order valence-corrected chi connectivity index (χ1v) is 6.93. The Morgan fingerprint density at radius 3 is 2.58 bits per heavy atom. The van der Waals surface area contributed by atoms with Crippen LogP contribution in [0.2, 0.25) is 0 Å². The van der Waals surface area contributed by atoms with Gasteiger partial charge in [-0.15, -0.1) is 0 Å². The molecule has 1 aromatic rings. The van der Waals surface area contributed by atoms with Gasteiger partial charge in [-0.3, -0.25) is 0 Å². The van der Waals surface area contributed by atoms with Crippen LogP contribution in [0.25, 0.3) is 0 Å². The highest BCUT2D eigenvalue weighted by atomic mass is 16.7. The second kappa shape index (κ2) is 6.04. The average Bonchev–Trinajstić information content (AvgIpc) is 2.82. The van der Waals surface area contributed by atoms with E-state index in [9.17, 15) is 5.11 Å². The summed E-state index contributed by atoms with van der Waals surface area (Å²) in [5.41, 5.74) is 3.29. The van der Waals surface area contributed by atoms with Gasteiger partial charge in [-0.2, -0.15) is 0 Å². The van der Waals surface area contributed by atoms with E-state index in [1.54, 1.807) is 14.2 Å². The molecule has 1 aliphatic rings. The lowest BCUT2D eigenvalue weighted by Crippen LogP contribution is -2.34. The number of hydrogen-bond donors (Lipinski definition) is 1. The van der Waals surface area contributed by atoms with E-state index in [-0.39, 0.29) is 6.29 Å². The average molecular weight is 264 g/mol. The lowest BCUT2D eigenvalue weighted by atomic mass is 9.91. The highest BCUT2D eigenvalue weighted by Crippen LogP contribution is 2.26. The Hall–Kier alpha value is -0.900. The zero-order valence-corrected chi connectivity index (χ0v) is 12.1. The lowest BCUT2D eigenvalue weighted by molar-refractivity contribution is -0.139. The van der Waals surface area contributed by atoms with E-state index in [1.165, 1.54) is 36.0 Å². The van der Waals surface area contributed by atoms with Gasteiger partial charge >= 0.3 is 0 Å². The van der Waals surface area contributed by atoms with Gasteiger partial charge in [0.05, 0.1) is 5.60 Å². The Balaban J connectivity index is 2.03. The second-order valence-corrected chi connectivity index (χ2v) is 5.74. The molecule has 3 nitrogen and oxygen atoms in total. The first-order valence-electron chi connectivity index (χ1n) is 6.93. The van der Waals surface area contributed by atoms with E-state index in [1.807, 2.05) is 6.92 Å². The van der Waals surface area contributed by atoms with Crippen molar-refractivity contribution in [2.45, 2.75) is 50.9 Å². The molecule has 0 aromatic heterocycles. The molecule has 1 aliphatic carbocycles. The minimum absolute atomic E-state index is 0.357. The van der Waals surface area contributed by atoms with Crippen LogP contribution in [0.4, 0.5) is 0 Å². The van der Waals surface area contributed by atoms with Crippen LogP contribution in [0.15, 0.2) is 18.2 Å². The monoisotopic (exact) mass is 264 g/mol. The number of benzene rings is 1. The van der Waals surface area contributed by atoms with Gasteiger partial charge in [0.1, 0.15) is 0 Å². The van der Waals surface area contributed by atoms with Crippen LogP contribution in [0.5, 0.6) is 0 Å². The molecule has 0 aliphatic heterocycles. The van der Waals surface area contributed by atoms with Crippen molar-refractivity contribution < 1.29 is 14.6 Å². The van der Waals surface area contributed by atoms with Gasteiger partial charge in [0, 0.05) is 27.1 Å². The van der Waals surface area contributed by atoms with E-state index < -0.39 is 5.60 Å². The molecule has 0 saturated heterocycles. The molecule has 0 radical (unpaired) electrons. The molecule has 0 amide bonds. The molecule has 106 valence electrons. The summed E-state index contributed by atoms with van der Waals surface area (Å²) in [4.78, 5) is 0. The molecule has 0 saturated carbocycles. The maximum Gasteiger partial charge on any atom is 0.159 e. The molecular formula is C16H24O3. The maximum absolute atomic E-state index is 10.5. The molecule has 1 unspecified atom stereocenters. The predicted octanol–water partition coefficient (Wildman–Crippen LogP) is 2.48. The largest absolute Gasteiger partial charge is 0.390 e. The standard InChI is InChI=1S/C16H24O3/c1-16(17,11-15(18-2)19-3)10-12-7-8-13-5-4-6-14(13)9-12/h7-9,15,17H,4-6,10-11H2,1-3H3. The van der Waals surface area contributed by atoms with Crippen LogP contribution in [-0.2, 0) is 28.7 Å². The van der Waals surface area contributed by atoms with Gasteiger partial charge in [0.15, 0.2) is 6.29 Å². The van der Waals surface area contributed by atoms with Crippen molar-refractivity contribution in [1.29, 1.82) is 0 Å². The van der Waals surface area contributed by atoms with Crippen molar-refractivity contribution in [1.82, 2.24) is 0 Å². The Labute approximate surface area is 115 Å². The van der Waals surface area contributed by atoms with E-state index in [0.717, 1.165) is 0 Å². The number of rotatable bonds is 6. The third kappa shape index (κ3) is 3.78. The number of fused-ring (bicyclic) bond motifs is 1. The molecule has 1 atom stereocenters. The van der Waals surface area contributed by atoms with E-state index >= 15 is 0 Å². The molecule has 0 spiro atoms. The van der Waals surface area contributed by atoms with Crippen molar-refractivity contribution in [3.8, 4) is 0 Å². The molecular weight excluding hydrogens is 240 g/mol. The van der Waals surface area contributed by atoms with E-state index in [4.69, 9.17) is 9.47 Å². The number of methoxy groups -OCH3 is 2. The molecule has 19 heavy (non-hydrogen) atoms. The van der Waals surface area contributed by atoms with E-state index in [2.05, 4.69) is 18.2 Å². The summed E-state index contributed by atoms with van der Waals surface area (Å²) in [6, 6.07) is 6.58. The Morgan fingerprint density at radius 2 is 1.89 bits per heavy atom. The van der Waals surface area contributed by atoms with Crippen LogP contribution >= 0.6 is 0 Å². The molecule has 1 N–H and O–H groups in total. The van der Waals surface area contributed by atoms with Crippen molar-refractivity contribution in [3.05, 3.63) is 34.9 Å². The van der Waals surface area contributed by atoms with Gasteiger partial charge < -0.3 is 14.6 Å². The van der Waals surface area contributed by atoms with Crippen molar-refractivity contribution in [3.63, 3.8) is 0 Å². The molecule has 2 rings (SSSR count). The van der Waals surface area contributed by atoms with Crippen molar-refractivity contribution in [2.24, 2.45) is 0 Å². The van der Waals surface area contributed by atoms with Crippen LogP contribution in [0.1, 0.15) is 36.5 Å². The Bertz CT molecular complexity index is 422. The summed E-state index contributed by atoms with van der Waals surface area (Å²) < 4.78 is 10.3. The zero-order valence-electron chi connectivity index (χ0n) is 12.1. The second-order valence-electron chi connectivity index (χ2n) is 5.74. The SMILES string of the molecule is COC(CC(C)(O)Cc1ccc2c(c1)CCC2)OC. The highest BCUT2D eigenvalue weighted by Gasteiger charge is 2.26. The van der Waals surface area contributed by atoms with Crippen LogP contribution in [-0.4, -0.2) is 31.2 Å². The normalized spacial score (nSPS) is 17.5. The molecule has 3 heteroatoms. The quantitative estimate of drug-likeness (QED) is 0.802. The van der Waals surface area contributed by atoms with Crippen LogP contribution in [0, 0.1) is 0 Å².